The number of rotatable bonds is 5. The van der Waals surface area contributed by atoms with Crippen LogP contribution in [-0.2, 0) is 9.53 Å². The van der Waals surface area contributed by atoms with Crippen LogP contribution in [0.2, 0.25) is 0 Å². The van der Waals surface area contributed by atoms with E-state index in [9.17, 15) is 4.79 Å². The molecule has 19 heavy (non-hydrogen) atoms. The van der Waals surface area contributed by atoms with E-state index in [0.29, 0.717) is 0 Å². The zero-order valence-electron chi connectivity index (χ0n) is 11.2. The van der Waals surface area contributed by atoms with Gasteiger partial charge < -0.3 is 10.1 Å². The average molecular weight is 260 g/mol. The lowest BCUT2D eigenvalue weighted by Crippen LogP contribution is -2.41. The van der Waals surface area contributed by atoms with Crippen LogP contribution in [0, 0.1) is 5.92 Å². The van der Waals surface area contributed by atoms with Gasteiger partial charge >= 0.3 is 0 Å². The molecule has 1 amide bonds. The fraction of sp³-hybridized carbons (Fsp3) is 0.533. The molecule has 0 bridgehead atoms. The van der Waals surface area contributed by atoms with Crippen LogP contribution in [0.5, 0.6) is 0 Å². The first kappa shape index (κ1) is 12.6. The van der Waals surface area contributed by atoms with Crippen molar-refractivity contribution in [2.45, 2.75) is 38.3 Å². The van der Waals surface area contributed by atoms with Crippen molar-refractivity contribution in [1.29, 1.82) is 0 Å². The van der Waals surface area contributed by atoms with Crippen molar-refractivity contribution in [3.05, 3.63) is 35.9 Å². The molecule has 3 rings (SSSR count). The van der Waals surface area contributed by atoms with Gasteiger partial charge in [-0.25, -0.2) is 0 Å². The van der Waals surface area contributed by atoms with Crippen LogP contribution in [-0.4, -0.2) is 30.1 Å². The molecule has 3 atom stereocenters. The molecule has 2 aliphatic rings. The van der Waals surface area contributed by atoms with E-state index in [1.165, 1.54) is 12.8 Å². The summed E-state index contributed by atoms with van der Waals surface area (Å²) in [5, 5.41) is 2.77. The molecule has 1 heterocycles. The summed E-state index contributed by atoms with van der Waals surface area (Å²) >= 11 is 0. The number of ether oxygens (including phenoxy) is 1. The first-order valence-corrected chi connectivity index (χ1v) is 6.95. The molecule has 2 fully saturated rings. The smallest absolute Gasteiger partial charge is 0.209 e. The van der Waals surface area contributed by atoms with Gasteiger partial charge in [-0.15, -0.1) is 0 Å². The minimum Gasteiger partial charge on any atom is -0.334 e. The highest BCUT2D eigenvalue weighted by molar-refractivity contribution is 5.46. The molecule has 1 aromatic carbocycles. The van der Waals surface area contributed by atoms with E-state index in [0.717, 1.165) is 24.4 Å². The zero-order chi connectivity index (χ0) is 13.2. The fourth-order valence-corrected chi connectivity index (χ4v) is 2.71. The summed E-state index contributed by atoms with van der Waals surface area (Å²) in [7, 11) is 0. The van der Waals surface area contributed by atoms with Gasteiger partial charge in [-0.3, -0.25) is 9.69 Å². The minimum absolute atomic E-state index is 0.0470. The lowest BCUT2D eigenvalue weighted by atomic mass is 10.1. The Bertz CT molecular complexity index is 433. The summed E-state index contributed by atoms with van der Waals surface area (Å²) < 4.78 is 6.02. The van der Waals surface area contributed by atoms with Crippen LogP contribution in [0.4, 0.5) is 0 Å². The van der Waals surface area contributed by atoms with Crippen molar-refractivity contribution < 1.29 is 9.53 Å². The maximum Gasteiger partial charge on any atom is 0.209 e. The van der Waals surface area contributed by atoms with E-state index in [2.05, 4.69) is 29.3 Å². The number of benzene rings is 1. The van der Waals surface area contributed by atoms with Crippen LogP contribution in [0.15, 0.2) is 30.3 Å². The van der Waals surface area contributed by atoms with E-state index in [-0.39, 0.29) is 18.5 Å². The van der Waals surface area contributed by atoms with Crippen LogP contribution in [0.25, 0.3) is 0 Å². The van der Waals surface area contributed by atoms with Crippen molar-refractivity contribution >= 4 is 6.41 Å². The molecule has 3 unspecified atom stereocenters. The monoisotopic (exact) mass is 260 g/mol. The Balaban J connectivity index is 1.80. The second-order valence-corrected chi connectivity index (χ2v) is 5.49. The molecule has 0 spiro atoms. The molecular formula is C15H20N2O2. The van der Waals surface area contributed by atoms with Crippen molar-refractivity contribution in [2.24, 2.45) is 5.92 Å². The van der Waals surface area contributed by atoms with Gasteiger partial charge in [-0.05, 0) is 31.2 Å². The maximum atomic E-state index is 10.7. The Labute approximate surface area is 113 Å². The number of nitrogens with zero attached hydrogens (tertiary/aromatic N) is 1. The molecule has 4 nitrogen and oxygen atoms in total. The molecule has 102 valence electrons. The number of carbonyl (C=O) groups excluding carboxylic acids is 1. The minimum atomic E-state index is -0.221. The molecule has 0 radical (unpaired) electrons. The average Bonchev–Trinajstić information content (AvgIpc) is 3.20. The van der Waals surface area contributed by atoms with Crippen molar-refractivity contribution in [2.75, 3.05) is 6.54 Å². The van der Waals surface area contributed by atoms with Gasteiger partial charge in [-0.1, -0.05) is 30.3 Å². The number of hydrogen-bond acceptors (Lipinski definition) is 3. The van der Waals surface area contributed by atoms with Gasteiger partial charge in [0.05, 0.1) is 6.04 Å². The quantitative estimate of drug-likeness (QED) is 0.822. The lowest BCUT2D eigenvalue weighted by Gasteiger charge is -2.26. The van der Waals surface area contributed by atoms with E-state index in [1.807, 2.05) is 18.2 Å². The van der Waals surface area contributed by atoms with Crippen molar-refractivity contribution in [1.82, 2.24) is 10.2 Å². The third kappa shape index (κ3) is 2.65. The van der Waals surface area contributed by atoms with Gasteiger partial charge in [0.1, 0.15) is 12.5 Å². The van der Waals surface area contributed by atoms with Gasteiger partial charge in [0.15, 0.2) is 0 Å². The second-order valence-electron chi connectivity index (χ2n) is 5.49. The largest absolute Gasteiger partial charge is 0.334 e. The Kier molecular flexibility index (Phi) is 3.53. The van der Waals surface area contributed by atoms with Gasteiger partial charge in [-0.2, -0.15) is 0 Å². The highest BCUT2D eigenvalue weighted by atomic mass is 16.5. The van der Waals surface area contributed by atoms with Crippen molar-refractivity contribution in [3.8, 4) is 0 Å². The predicted octanol–water partition coefficient (Wildman–Crippen LogP) is 1.89. The van der Waals surface area contributed by atoms with E-state index in [4.69, 9.17) is 4.74 Å². The topological polar surface area (TPSA) is 41.6 Å². The van der Waals surface area contributed by atoms with Crippen LogP contribution >= 0.6 is 0 Å². The van der Waals surface area contributed by atoms with Gasteiger partial charge in [0.25, 0.3) is 0 Å². The summed E-state index contributed by atoms with van der Waals surface area (Å²) in [5.41, 5.74) is 1.16. The Morgan fingerprint density at radius 3 is 2.74 bits per heavy atom. The Hall–Kier alpha value is -1.39. The maximum absolute atomic E-state index is 10.7. The lowest BCUT2D eigenvalue weighted by molar-refractivity contribution is -0.113. The van der Waals surface area contributed by atoms with E-state index < -0.39 is 0 Å². The summed E-state index contributed by atoms with van der Waals surface area (Å²) in [6, 6.07) is 10.4. The first-order valence-electron chi connectivity index (χ1n) is 6.95. The van der Waals surface area contributed by atoms with Gasteiger partial charge in [0, 0.05) is 6.54 Å². The number of amides is 1. The third-order valence-corrected chi connectivity index (χ3v) is 4.02. The normalized spacial score (nSPS) is 31.3. The number of carbonyl (C=O) groups is 1. The molecule has 1 saturated carbocycles. The molecule has 4 heteroatoms. The predicted molar refractivity (Wildman–Crippen MR) is 72.1 cm³/mol. The van der Waals surface area contributed by atoms with Crippen LogP contribution in [0.3, 0.4) is 0 Å². The third-order valence-electron chi connectivity index (χ3n) is 4.02. The Morgan fingerprint density at radius 2 is 2.11 bits per heavy atom. The summed E-state index contributed by atoms with van der Waals surface area (Å²) in [4.78, 5) is 13.1. The van der Waals surface area contributed by atoms with Crippen LogP contribution < -0.4 is 5.32 Å². The summed E-state index contributed by atoms with van der Waals surface area (Å²) in [6.45, 7) is 3.17. The zero-order valence-corrected chi connectivity index (χ0v) is 11.2. The molecular weight excluding hydrogens is 240 g/mol. The highest BCUT2D eigenvalue weighted by Crippen LogP contribution is 2.38. The van der Waals surface area contributed by atoms with Crippen LogP contribution in [0.1, 0.15) is 31.6 Å². The number of hydrogen-bond donors (Lipinski definition) is 1. The summed E-state index contributed by atoms with van der Waals surface area (Å²) in [5.74, 6) is 0.798. The molecule has 0 aromatic heterocycles. The standard InChI is InChI=1S/C15H20N2O2/c1-11-14(16-10-18)19-15(13-5-3-2-4-6-13)17(11)9-12-7-8-12/h2-6,10-12,14-15H,7-9H2,1H3,(H,16,18). The molecule has 1 N–H and O–H groups in total. The summed E-state index contributed by atoms with van der Waals surface area (Å²) in [6.07, 6.45) is 3.09. The highest BCUT2D eigenvalue weighted by Gasteiger charge is 2.42. The molecule has 1 aromatic rings. The fourth-order valence-electron chi connectivity index (χ4n) is 2.71. The SMILES string of the molecule is CC1C(NC=O)OC(c2ccccc2)N1CC1CC1. The Morgan fingerprint density at radius 1 is 1.37 bits per heavy atom. The van der Waals surface area contributed by atoms with E-state index in [1.54, 1.807) is 0 Å². The molecule has 1 aliphatic heterocycles. The number of nitrogens with one attached hydrogen (secondary N) is 1. The van der Waals surface area contributed by atoms with Crippen molar-refractivity contribution in [3.63, 3.8) is 0 Å². The van der Waals surface area contributed by atoms with E-state index >= 15 is 0 Å². The molecule has 1 saturated heterocycles. The second kappa shape index (κ2) is 5.31. The molecule has 1 aliphatic carbocycles. The first-order chi connectivity index (χ1) is 9.29. The van der Waals surface area contributed by atoms with Gasteiger partial charge in [0.2, 0.25) is 6.41 Å².